The molecule has 6 heteroatoms. The highest BCUT2D eigenvalue weighted by atomic mass is 16.2. The van der Waals surface area contributed by atoms with Crippen LogP contribution in [0.3, 0.4) is 0 Å². The highest BCUT2D eigenvalue weighted by molar-refractivity contribution is 6.07. The molecular formula is C15H25N3O3. The number of carbonyl (C=O) groups excluding carboxylic acids is 3. The molecular weight excluding hydrogens is 270 g/mol. The number of amides is 3. The second-order valence-corrected chi connectivity index (χ2v) is 6.48. The normalized spacial score (nSPS) is 20.4. The Morgan fingerprint density at radius 3 is 2.00 bits per heavy atom. The van der Waals surface area contributed by atoms with Gasteiger partial charge in [0.2, 0.25) is 17.7 Å². The Balaban J connectivity index is 1.91. The smallest absolute Gasteiger partial charge is 0.238 e. The average molecular weight is 295 g/mol. The molecule has 2 aliphatic rings. The third kappa shape index (κ3) is 3.36. The van der Waals surface area contributed by atoms with E-state index in [-0.39, 0.29) is 17.7 Å². The minimum Gasteiger partial charge on any atom is -0.355 e. The Kier molecular flexibility index (Phi) is 4.54. The summed E-state index contributed by atoms with van der Waals surface area (Å²) in [6.45, 7) is 8.38. The fourth-order valence-electron chi connectivity index (χ4n) is 2.66. The van der Waals surface area contributed by atoms with Crippen LogP contribution in [0.15, 0.2) is 0 Å². The summed E-state index contributed by atoms with van der Waals surface area (Å²) in [5.41, 5.74) is -0.826. The molecule has 2 rings (SSSR count). The van der Waals surface area contributed by atoms with Crippen LogP contribution in [0.2, 0.25) is 0 Å². The fraction of sp³-hybridized carbons (Fsp3) is 0.800. The van der Waals surface area contributed by atoms with E-state index in [1.165, 1.54) is 0 Å². The molecule has 1 heterocycles. The molecule has 1 saturated carbocycles. The lowest BCUT2D eigenvalue weighted by atomic mass is 10.0. The van der Waals surface area contributed by atoms with Gasteiger partial charge in [0, 0.05) is 39.6 Å². The van der Waals surface area contributed by atoms with Gasteiger partial charge in [-0.05, 0) is 18.8 Å². The summed E-state index contributed by atoms with van der Waals surface area (Å²) in [7, 11) is 0. The lowest BCUT2D eigenvalue weighted by Gasteiger charge is -2.36. The maximum absolute atomic E-state index is 12.6. The van der Waals surface area contributed by atoms with Crippen molar-refractivity contribution in [3.05, 3.63) is 0 Å². The van der Waals surface area contributed by atoms with Crippen LogP contribution < -0.4 is 5.32 Å². The van der Waals surface area contributed by atoms with Crippen molar-refractivity contribution in [2.45, 2.75) is 33.6 Å². The average Bonchev–Trinajstić information content (AvgIpc) is 3.25. The van der Waals surface area contributed by atoms with Crippen LogP contribution in [0.25, 0.3) is 0 Å². The van der Waals surface area contributed by atoms with E-state index in [4.69, 9.17) is 0 Å². The van der Waals surface area contributed by atoms with E-state index >= 15 is 0 Å². The van der Waals surface area contributed by atoms with Gasteiger partial charge in [0.25, 0.3) is 0 Å². The Morgan fingerprint density at radius 2 is 1.57 bits per heavy atom. The largest absolute Gasteiger partial charge is 0.355 e. The van der Waals surface area contributed by atoms with Crippen molar-refractivity contribution in [3.8, 4) is 0 Å². The number of nitrogens with zero attached hydrogens (tertiary/aromatic N) is 2. The predicted octanol–water partition coefficient (Wildman–Crippen LogP) is 0.230. The maximum Gasteiger partial charge on any atom is 0.238 e. The number of nitrogens with one attached hydrogen (secondary N) is 1. The highest BCUT2D eigenvalue weighted by Gasteiger charge is 2.58. The topological polar surface area (TPSA) is 69.7 Å². The number of carbonyl (C=O) groups is 3. The summed E-state index contributed by atoms with van der Waals surface area (Å²) in [5, 5.41) is 2.88. The maximum atomic E-state index is 12.6. The van der Waals surface area contributed by atoms with E-state index in [1.807, 2.05) is 13.8 Å². The summed E-state index contributed by atoms with van der Waals surface area (Å²) in [4.78, 5) is 39.6. The van der Waals surface area contributed by atoms with Gasteiger partial charge in [-0.2, -0.15) is 0 Å². The molecule has 1 aliphatic heterocycles. The highest BCUT2D eigenvalue weighted by Crippen LogP contribution is 2.47. The van der Waals surface area contributed by atoms with Crippen LogP contribution in [0.4, 0.5) is 0 Å². The summed E-state index contributed by atoms with van der Waals surface area (Å²) in [6.07, 6.45) is 1.28. The second kappa shape index (κ2) is 6.03. The summed E-state index contributed by atoms with van der Waals surface area (Å²) in [5.74, 6) is 0.221. The van der Waals surface area contributed by atoms with Gasteiger partial charge in [-0.25, -0.2) is 0 Å². The van der Waals surface area contributed by atoms with Gasteiger partial charge in [-0.15, -0.1) is 0 Å². The number of piperazine rings is 1. The van der Waals surface area contributed by atoms with Gasteiger partial charge in [-0.1, -0.05) is 13.8 Å². The van der Waals surface area contributed by atoms with Crippen LogP contribution in [-0.4, -0.2) is 60.2 Å². The molecule has 1 N–H and O–H groups in total. The molecule has 0 aromatic rings. The minimum atomic E-state index is -0.826. The molecule has 0 spiro atoms. The van der Waals surface area contributed by atoms with Crippen LogP contribution in [0.5, 0.6) is 0 Å². The Labute approximate surface area is 125 Å². The van der Waals surface area contributed by atoms with Crippen molar-refractivity contribution in [2.24, 2.45) is 11.3 Å². The third-order valence-electron chi connectivity index (χ3n) is 4.28. The Bertz CT molecular complexity index is 435. The first kappa shape index (κ1) is 15.8. The summed E-state index contributed by atoms with van der Waals surface area (Å²) >= 11 is 0. The minimum absolute atomic E-state index is 0.0397. The summed E-state index contributed by atoms with van der Waals surface area (Å²) in [6, 6.07) is 0. The van der Waals surface area contributed by atoms with Crippen LogP contribution in [0.1, 0.15) is 33.6 Å². The van der Waals surface area contributed by atoms with Crippen molar-refractivity contribution >= 4 is 17.7 Å². The molecule has 0 unspecified atom stereocenters. The first-order valence-corrected chi connectivity index (χ1v) is 7.70. The predicted molar refractivity (Wildman–Crippen MR) is 78.3 cm³/mol. The van der Waals surface area contributed by atoms with E-state index in [1.54, 1.807) is 16.7 Å². The van der Waals surface area contributed by atoms with E-state index in [0.717, 1.165) is 0 Å². The zero-order valence-electron chi connectivity index (χ0n) is 13.1. The molecule has 3 amide bonds. The standard InChI is InChI=1S/C15H25N3O3/c1-11(2)10-16-13(20)15(4-5-15)14(21)18-8-6-17(7-9-18)12(3)19/h11H,4-10H2,1-3H3,(H,16,20). The molecule has 0 aromatic heterocycles. The van der Waals surface area contributed by atoms with E-state index in [2.05, 4.69) is 5.32 Å². The zero-order chi connectivity index (χ0) is 15.6. The fourth-order valence-corrected chi connectivity index (χ4v) is 2.66. The second-order valence-electron chi connectivity index (χ2n) is 6.48. The Hall–Kier alpha value is -1.59. The molecule has 2 fully saturated rings. The quantitative estimate of drug-likeness (QED) is 0.755. The van der Waals surface area contributed by atoms with Crippen LogP contribution >= 0.6 is 0 Å². The van der Waals surface area contributed by atoms with Gasteiger partial charge in [0.15, 0.2) is 0 Å². The summed E-state index contributed by atoms with van der Waals surface area (Å²) < 4.78 is 0. The van der Waals surface area contributed by atoms with Gasteiger partial charge < -0.3 is 15.1 Å². The number of hydrogen-bond donors (Lipinski definition) is 1. The van der Waals surface area contributed by atoms with E-state index < -0.39 is 5.41 Å². The van der Waals surface area contributed by atoms with Crippen molar-refractivity contribution < 1.29 is 14.4 Å². The first-order chi connectivity index (χ1) is 9.86. The molecule has 6 nitrogen and oxygen atoms in total. The molecule has 21 heavy (non-hydrogen) atoms. The van der Waals surface area contributed by atoms with Crippen LogP contribution in [-0.2, 0) is 14.4 Å². The monoisotopic (exact) mass is 295 g/mol. The van der Waals surface area contributed by atoms with Gasteiger partial charge >= 0.3 is 0 Å². The van der Waals surface area contributed by atoms with Gasteiger partial charge in [-0.3, -0.25) is 14.4 Å². The molecule has 118 valence electrons. The SMILES string of the molecule is CC(=O)N1CCN(C(=O)C2(C(=O)NCC(C)C)CC2)CC1. The number of rotatable bonds is 4. The third-order valence-corrected chi connectivity index (χ3v) is 4.28. The van der Waals surface area contributed by atoms with Crippen molar-refractivity contribution in [3.63, 3.8) is 0 Å². The molecule has 0 radical (unpaired) electrons. The lowest BCUT2D eigenvalue weighted by molar-refractivity contribution is -0.147. The first-order valence-electron chi connectivity index (χ1n) is 7.70. The van der Waals surface area contributed by atoms with Crippen molar-refractivity contribution in [2.75, 3.05) is 32.7 Å². The van der Waals surface area contributed by atoms with E-state index in [9.17, 15) is 14.4 Å². The van der Waals surface area contributed by atoms with Crippen molar-refractivity contribution in [1.29, 1.82) is 0 Å². The molecule has 0 atom stereocenters. The molecule has 1 saturated heterocycles. The van der Waals surface area contributed by atoms with Crippen molar-refractivity contribution in [1.82, 2.24) is 15.1 Å². The van der Waals surface area contributed by atoms with E-state index in [0.29, 0.717) is 51.5 Å². The molecule has 0 bridgehead atoms. The molecule has 0 aromatic carbocycles. The lowest BCUT2D eigenvalue weighted by Crippen LogP contribution is -2.54. The molecule has 1 aliphatic carbocycles. The number of hydrogen-bond acceptors (Lipinski definition) is 3. The van der Waals surface area contributed by atoms with Gasteiger partial charge in [0.1, 0.15) is 5.41 Å². The zero-order valence-corrected chi connectivity index (χ0v) is 13.1. The van der Waals surface area contributed by atoms with Gasteiger partial charge in [0.05, 0.1) is 0 Å². The Morgan fingerprint density at radius 1 is 1.05 bits per heavy atom. The van der Waals surface area contributed by atoms with Crippen LogP contribution in [0, 0.1) is 11.3 Å².